The first-order valence-corrected chi connectivity index (χ1v) is 9.66. The van der Waals surface area contributed by atoms with E-state index in [9.17, 15) is 19.8 Å². The Morgan fingerprint density at radius 2 is 1.96 bits per heavy atom. The quantitative estimate of drug-likeness (QED) is 0.496. The van der Waals surface area contributed by atoms with Crippen molar-refractivity contribution in [1.29, 1.82) is 0 Å². The van der Waals surface area contributed by atoms with Crippen molar-refractivity contribution >= 4 is 23.7 Å². The third kappa shape index (κ3) is 5.03. The van der Waals surface area contributed by atoms with Crippen LogP contribution in [0.3, 0.4) is 0 Å². The Bertz CT molecular complexity index is 836. The Morgan fingerprint density at radius 1 is 1.29 bits per heavy atom. The van der Waals surface area contributed by atoms with Crippen LogP contribution in [0, 0.1) is 0 Å². The Kier molecular flexibility index (Phi) is 7.07. The zero-order valence-corrected chi connectivity index (χ0v) is 17.5. The van der Waals surface area contributed by atoms with E-state index in [1.807, 2.05) is 19.9 Å². The average Bonchev–Trinajstić information content (AvgIpc) is 2.91. The highest BCUT2D eigenvalue weighted by Gasteiger charge is 2.40. The molecule has 0 radical (unpaired) electrons. The van der Waals surface area contributed by atoms with Gasteiger partial charge >= 0.3 is 0 Å². The van der Waals surface area contributed by atoms with Crippen LogP contribution < -0.4 is 0 Å². The second-order valence-electron chi connectivity index (χ2n) is 7.73. The Hall–Kier alpha value is -2.11. The van der Waals surface area contributed by atoms with Gasteiger partial charge in [-0.05, 0) is 58.6 Å². The first-order valence-electron chi connectivity index (χ1n) is 9.28. The molecule has 0 bridgehead atoms. The molecule has 1 aliphatic rings. The summed E-state index contributed by atoms with van der Waals surface area (Å²) in [6.45, 7) is 7.53. The summed E-state index contributed by atoms with van der Waals surface area (Å²) in [6, 6.07) is 1.24. The number of hydrogen-bond acceptors (Lipinski definition) is 5. The summed E-state index contributed by atoms with van der Waals surface area (Å²) in [5.74, 6) is -0.338. The predicted molar refractivity (Wildman–Crippen MR) is 109 cm³/mol. The number of aromatic hydroxyl groups is 2. The van der Waals surface area contributed by atoms with Crippen molar-refractivity contribution in [2.75, 3.05) is 0 Å². The monoisotopic (exact) mass is 406 g/mol. The molecule has 28 heavy (non-hydrogen) atoms. The third-order valence-electron chi connectivity index (χ3n) is 5.13. The Labute approximate surface area is 170 Å². The number of carbonyl (C=O) groups is 2. The van der Waals surface area contributed by atoms with Crippen LogP contribution in [0.4, 0.5) is 0 Å². The fourth-order valence-electron chi connectivity index (χ4n) is 3.16. The molecular formula is C22H27ClO5. The van der Waals surface area contributed by atoms with E-state index in [0.29, 0.717) is 12.7 Å². The van der Waals surface area contributed by atoms with Gasteiger partial charge in [0.2, 0.25) is 0 Å². The molecule has 1 unspecified atom stereocenters. The van der Waals surface area contributed by atoms with Crippen LogP contribution in [0.5, 0.6) is 11.5 Å². The zero-order chi connectivity index (χ0) is 21.1. The van der Waals surface area contributed by atoms with Crippen molar-refractivity contribution in [1.82, 2.24) is 0 Å². The SMILES string of the molecule is C/C(=C/CC/C(C)=C/Cc1c(O)c(Cl)cc(C=O)c1O)C1CC(=O)C(C)(C)O1. The van der Waals surface area contributed by atoms with Gasteiger partial charge in [0.15, 0.2) is 12.1 Å². The van der Waals surface area contributed by atoms with E-state index in [1.165, 1.54) is 6.07 Å². The number of benzene rings is 1. The molecular weight excluding hydrogens is 380 g/mol. The van der Waals surface area contributed by atoms with E-state index in [4.69, 9.17) is 16.3 Å². The van der Waals surface area contributed by atoms with Crippen LogP contribution >= 0.6 is 11.6 Å². The molecule has 1 aromatic rings. The maximum atomic E-state index is 11.9. The van der Waals surface area contributed by atoms with Crippen molar-refractivity contribution in [3.63, 3.8) is 0 Å². The largest absolute Gasteiger partial charge is 0.507 e. The summed E-state index contributed by atoms with van der Waals surface area (Å²) in [4.78, 5) is 22.9. The summed E-state index contributed by atoms with van der Waals surface area (Å²) in [5, 5.41) is 20.2. The van der Waals surface area contributed by atoms with Crippen LogP contribution in [-0.4, -0.2) is 34.0 Å². The number of Topliss-reactive ketones (excluding diaryl/α,β-unsaturated/α-hetero) is 1. The summed E-state index contributed by atoms with van der Waals surface area (Å²) >= 11 is 5.91. The number of halogens is 1. The maximum absolute atomic E-state index is 11.9. The van der Waals surface area contributed by atoms with Crippen molar-refractivity contribution in [3.05, 3.63) is 45.5 Å². The molecule has 0 aliphatic carbocycles. The van der Waals surface area contributed by atoms with Crippen molar-refractivity contribution < 1.29 is 24.5 Å². The first-order chi connectivity index (χ1) is 13.1. The molecule has 152 valence electrons. The standard InChI is InChI=1S/C22H27ClO5/c1-13(6-5-7-14(2)18-11-19(25)22(3,4)28-18)8-9-16-20(26)15(12-24)10-17(23)21(16)27/h7-8,10,12,18,26-27H,5-6,9,11H2,1-4H3/b13-8+,14-7-. The number of rotatable bonds is 7. The van der Waals surface area contributed by atoms with Crippen LogP contribution in [-0.2, 0) is 16.0 Å². The Morgan fingerprint density at radius 3 is 2.54 bits per heavy atom. The molecule has 1 aromatic carbocycles. The molecule has 5 nitrogen and oxygen atoms in total. The number of carbonyl (C=O) groups excluding carboxylic acids is 2. The highest BCUT2D eigenvalue weighted by Crippen LogP contribution is 2.37. The number of phenols is 2. The van der Waals surface area contributed by atoms with E-state index < -0.39 is 5.60 Å². The van der Waals surface area contributed by atoms with E-state index in [1.54, 1.807) is 13.8 Å². The summed E-state index contributed by atoms with van der Waals surface area (Å²) in [7, 11) is 0. The molecule has 0 saturated carbocycles. The van der Waals surface area contributed by atoms with Gasteiger partial charge < -0.3 is 14.9 Å². The summed E-state index contributed by atoms with van der Waals surface area (Å²) in [5.41, 5.74) is 1.70. The van der Waals surface area contributed by atoms with Crippen LogP contribution in [0.15, 0.2) is 29.4 Å². The molecule has 0 aromatic heterocycles. The minimum absolute atomic E-state index is 0.0357. The van der Waals surface area contributed by atoms with Crippen LogP contribution in [0.25, 0.3) is 0 Å². The smallest absolute Gasteiger partial charge is 0.167 e. The van der Waals surface area contributed by atoms with E-state index in [2.05, 4.69) is 6.08 Å². The van der Waals surface area contributed by atoms with Gasteiger partial charge in [-0.2, -0.15) is 0 Å². The van der Waals surface area contributed by atoms with E-state index in [0.717, 1.165) is 24.0 Å². The first kappa shape index (κ1) is 22.2. The van der Waals surface area contributed by atoms with Gasteiger partial charge in [0.05, 0.1) is 16.7 Å². The zero-order valence-electron chi connectivity index (χ0n) is 16.7. The number of allylic oxidation sites excluding steroid dienone is 3. The Balaban J connectivity index is 1.98. The van der Waals surface area contributed by atoms with Crippen molar-refractivity contribution in [2.24, 2.45) is 0 Å². The number of aldehydes is 1. The minimum atomic E-state index is -0.711. The van der Waals surface area contributed by atoms with Gasteiger partial charge in [0.1, 0.15) is 17.1 Å². The second kappa shape index (κ2) is 8.93. The molecule has 1 aliphatic heterocycles. The lowest BCUT2D eigenvalue weighted by Gasteiger charge is -2.18. The molecule has 2 rings (SSSR count). The normalized spacial score (nSPS) is 19.9. The van der Waals surface area contributed by atoms with Gasteiger partial charge in [-0.1, -0.05) is 29.3 Å². The topological polar surface area (TPSA) is 83.8 Å². The third-order valence-corrected chi connectivity index (χ3v) is 5.42. The summed E-state index contributed by atoms with van der Waals surface area (Å²) < 4.78 is 5.82. The van der Waals surface area contributed by atoms with Crippen molar-refractivity contribution in [3.8, 4) is 11.5 Å². The fourth-order valence-corrected chi connectivity index (χ4v) is 3.39. The minimum Gasteiger partial charge on any atom is -0.507 e. The molecule has 1 fully saturated rings. The number of phenolic OH excluding ortho intramolecular Hbond substituents is 2. The van der Waals surface area contributed by atoms with Gasteiger partial charge in [-0.3, -0.25) is 9.59 Å². The van der Waals surface area contributed by atoms with Gasteiger partial charge in [0, 0.05) is 12.0 Å². The lowest BCUT2D eigenvalue weighted by Crippen LogP contribution is -2.27. The molecule has 1 saturated heterocycles. The second-order valence-corrected chi connectivity index (χ2v) is 8.13. The van der Waals surface area contributed by atoms with Crippen molar-refractivity contribution in [2.45, 2.75) is 65.1 Å². The van der Waals surface area contributed by atoms with Crippen LogP contribution in [0.2, 0.25) is 5.02 Å². The number of hydrogen-bond donors (Lipinski definition) is 2. The maximum Gasteiger partial charge on any atom is 0.167 e. The van der Waals surface area contributed by atoms with E-state index >= 15 is 0 Å². The molecule has 0 spiro atoms. The lowest BCUT2D eigenvalue weighted by atomic mass is 10.00. The fraction of sp³-hybridized carbons (Fsp3) is 0.455. The molecule has 1 atom stereocenters. The molecule has 0 amide bonds. The number of ether oxygens (including phenoxy) is 1. The highest BCUT2D eigenvalue weighted by atomic mass is 35.5. The molecule has 2 N–H and O–H groups in total. The average molecular weight is 407 g/mol. The summed E-state index contributed by atoms with van der Waals surface area (Å²) in [6.07, 6.45) is 6.56. The molecule has 1 heterocycles. The lowest BCUT2D eigenvalue weighted by molar-refractivity contribution is -0.129. The van der Waals surface area contributed by atoms with Gasteiger partial charge in [-0.25, -0.2) is 0 Å². The van der Waals surface area contributed by atoms with Gasteiger partial charge in [-0.15, -0.1) is 0 Å². The van der Waals surface area contributed by atoms with Gasteiger partial charge in [0.25, 0.3) is 0 Å². The highest BCUT2D eigenvalue weighted by molar-refractivity contribution is 6.32. The molecule has 6 heteroatoms. The van der Waals surface area contributed by atoms with Crippen LogP contribution in [0.1, 0.15) is 62.9 Å². The number of ketones is 1. The van der Waals surface area contributed by atoms with E-state index in [-0.39, 0.29) is 46.0 Å². The predicted octanol–water partition coefficient (Wildman–Crippen LogP) is 4.92.